The van der Waals surface area contributed by atoms with E-state index >= 15 is 0 Å². The highest BCUT2D eigenvalue weighted by molar-refractivity contribution is 7.89. The molecule has 1 unspecified atom stereocenters. The summed E-state index contributed by atoms with van der Waals surface area (Å²) in [7, 11) is -3.55. The fourth-order valence-corrected chi connectivity index (χ4v) is 2.27. The van der Waals surface area contributed by atoms with Gasteiger partial charge in [-0.05, 0) is 24.4 Å². The van der Waals surface area contributed by atoms with Crippen LogP contribution in [-0.2, 0) is 10.0 Å². The van der Waals surface area contributed by atoms with Crippen LogP contribution in [0.4, 0.5) is 0 Å². The lowest BCUT2D eigenvalue weighted by atomic mass is 10.1. The zero-order valence-electron chi connectivity index (χ0n) is 9.31. The van der Waals surface area contributed by atoms with Gasteiger partial charge in [-0.2, -0.15) is 0 Å². The van der Waals surface area contributed by atoms with Crippen LogP contribution in [0.5, 0.6) is 0 Å². The van der Waals surface area contributed by atoms with Gasteiger partial charge in [0.05, 0.1) is 12.4 Å². The Bertz CT molecular complexity index is 444. The summed E-state index contributed by atoms with van der Waals surface area (Å²) in [5.74, 6) is 0.211. The van der Waals surface area contributed by atoms with E-state index in [-0.39, 0.29) is 22.1 Å². The highest BCUT2D eigenvalue weighted by Gasteiger charge is 2.19. The van der Waals surface area contributed by atoms with Crippen molar-refractivity contribution in [3.8, 4) is 0 Å². The van der Waals surface area contributed by atoms with E-state index < -0.39 is 10.0 Å². The molecule has 1 heterocycles. The maximum absolute atomic E-state index is 11.8. The van der Waals surface area contributed by atoms with Crippen molar-refractivity contribution < 1.29 is 8.42 Å². The van der Waals surface area contributed by atoms with Crippen LogP contribution in [0.1, 0.15) is 20.8 Å². The molecule has 5 nitrogen and oxygen atoms in total. The van der Waals surface area contributed by atoms with Crippen molar-refractivity contribution in [2.24, 2.45) is 5.92 Å². The van der Waals surface area contributed by atoms with Gasteiger partial charge in [-0.3, -0.25) is 0 Å². The van der Waals surface area contributed by atoms with E-state index in [0.717, 1.165) is 0 Å². The van der Waals surface area contributed by atoms with Crippen molar-refractivity contribution in [3.63, 3.8) is 0 Å². The molecule has 0 aliphatic carbocycles. The summed E-state index contributed by atoms with van der Waals surface area (Å²) in [5.41, 5.74) is 0. The lowest BCUT2D eigenvalue weighted by Gasteiger charge is -2.17. The predicted molar refractivity (Wildman–Crippen MR) is 61.7 cm³/mol. The molecule has 1 aromatic rings. The molecule has 7 heteroatoms. The Morgan fingerprint density at radius 3 is 2.19 bits per heavy atom. The minimum absolute atomic E-state index is 0.0180. The second-order valence-electron chi connectivity index (χ2n) is 3.84. The van der Waals surface area contributed by atoms with E-state index in [1.54, 1.807) is 6.92 Å². The number of nitrogens with one attached hydrogen (secondary N) is 1. The minimum Gasteiger partial charge on any atom is -0.225 e. The normalized spacial score (nSPS) is 14.1. The van der Waals surface area contributed by atoms with Gasteiger partial charge >= 0.3 is 0 Å². The van der Waals surface area contributed by atoms with E-state index in [4.69, 9.17) is 11.6 Å². The Morgan fingerprint density at radius 2 is 1.75 bits per heavy atom. The summed E-state index contributed by atoms with van der Waals surface area (Å²) in [5, 5.41) is 0.0239. The van der Waals surface area contributed by atoms with Crippen LogP contribution in [0.2, 0.25) is 5.28 Å². The highest BCUT2D eigenvalue weighted by Crippen LogP contribution is 2.10. The third-order valence-corrected chi connectivity index (χ3v) is 3.96. The summed E-state index contributed by atoms with van der Waals surface area (Å²) >= 11 is 5.48. The Labute approximate surface area is 100 Å². The van der Waals surface area contributed by atoms with Gasteiger partial charge in [0.2, 0.25) is 15.3 Å². The van der Waals surface area contributed by atoms with Gasteiger partial charge < -0.3 is 0 Å². The number of hydrogen-bond donors (Lipinski definition) is 1. The van der Waals surface area contributed by atoms with Crippen LogP contribution >= 0.6 is 11.6 Å². The van der Waals surface area contributed by atoms with Gasteiger partial charge in [0.1, 0.15) is 4.90 Å². The van der Waals surface area contributed by atoms with Gasteiger partial charge in [-0.25, -0.2) is 23.1 Å². The third-order valence-electron chi connectivity index (χ3n) is 2.25. The van der Waals surface area contributed by atoms with Crippen LogP contribution in [0.3, 0.4) is 0 Å². The van der Waals surface area contributed by atoms with Gasteiger partial charge in [0.15, 0.2) is 0 Å². The summed E-state index contributed by atoms with van der Waals surface area (Å²) in [6.45, 7) is 5.68. The van der Waals surface area contributed by atoms with Gasteiger partial charge in [0, 0.05) is 6.04 Å². The Kier molecular flexibility index (Phi) is 4.23. The monoisotopic (exact) mass is 263 g/mol. The number of halogens is 1. The first-order valence-electron chi connectivity index (χ1n) is 4.83. The van der Waals surface area contributed by atoms with E-state index in [0.29, 0.717) is 0 Å². The van der Waals surface area contributed by atoms with Crippen molar-refractivity contribution in [1.82, 2.24) is 14.7 Å². The minimum atomic E-state index is -3.55. The smallest absolute Gasteiger partial charge is 0.225 e. The van der Waals surface area contributed by atoms with Crippen molar-refractivity contribution in [2.75, 3.05) is 0 Å². The molecule has 0 saturated heterocycles. The maximum atomic E-state index is 11.8. The molecule has 0 spiro atoms. The second-order valence-corrected chi connectivity index (χ2v) is 5.89. The molecule has 0 fully saturated rings. The molecule has 0 aromatic carbocycles. The number of nitrogens with zero attached hydrogens (tertiary/aromatic N) is 2. The molecule has 90 valence electrons. The van der Waals surface area contributed by atoms with Crippen molar-refractivity contribution >= 4 is 21.6 Å². The van der Waals surface area contributed by atoms with Crippen LogP contribution in [0.15, 0.2) is 17.3 Å². The standard InChI is InChI=1S/C9H14ClN3O2S/c1-6(2)7(3)13-16(14,15)8-4-11-9(10)12-5-8/h4-7,13H,1-3H3. The lowest BCUT2D eigenvalue weighted by molar-refractivity contribution is 0.476. The predicted octanol–water partition coefficient (Wildman–Crippen LogP) is 1.45. The summed E-state index contributed by atoms with van der Waals surface area (Å²) in [4.78, 5) is 7.28. The molecule has 1 atom stereocenters. The largest absolute Gasteiger partial charge is 0.243 e. The van der Waals surface area contributed by atoms with Crippen LogP contribution in [0.25, 0.3) is 0 Å². The third kappa shape index (κ3) is 3.40. The average molecular weight is 264 g/mol. The molecule has 0 radical (unpaired) electrons. The Balaban J connectivity index is 2.90. The van der Waals surface area contributed by atoms with Crippen molar-refractivity contribution in [1.29, 1.82) is 0 Å². The molecular formula is C9H14ClN3O2S. The lowest BCUT2D eigenvalue weighted by Crippen LogP contribution is -2.36. The van der Waals surface area contributed by atoms with Crippen LogP contribution in [-0.4, -0.2) is 24.4 Å². The highest BCUT2D eigenvalue weighted by atomic mass is 35.5. The molecule has 0 amide bonds. The number of hydrogen-bond acceptors (Lipinski definition) is 4. The number of aromatic nitrogens is 2. The van der Waals surface area contributed by atoms with E-state index in [9.17, 15) is 8.42 Å². The fraction of sp³-hybridized carbons (Fsp3) is 0.556. The molecular weight excluding hydrogens is 250 g/mol. The number of sulfonamides is 1. The molecule has 0 aliphatic heterocycles. The summed E-state index contributed by atoms with van der Waals surface area (Å²) < 4.78 is 26.2. The summed E-state index contributed by atoms with van der Waals surface area (Å²) in [6.07, 6.45) is 2.37. The van der Waals surface area contributed by atoms with Gasteiger partial charge in [-0.1, -0.05) is 13.8 Å². The van der Waals surface area contributed by atoms with E-state index in [1.807, 2.05) is 13.8 Å². The molecule has 0 aliphatic rings. The molecule has 0 saturated carbocycles. The van der Waals surface area contributed by atoms with E-state index in [1.165, 1.54) is 12.4 Å². The first kappa shape index (κ1) is 13.3. The zero-order chi connectivity index (χ0) is 12.3. The first-order chi connectivity index (χ1) is 7.33. The average Bonchev–Trinajstić information content (AvgIpc) is 2.17. The SMILES string of the molecule is CC(C)C(C)NS(=O)(=O)c1cnc(Cl)nc1. The topological polar surface area (TPSA) is 72.0 Å². The van der Waals surface area contributed by atoms with Gasteiger partial charge in [-0.15, -0.1) is 0 Å². The molecule has 1 N–H and O–H groups in total. The number of rotatable bonds is 4. The Hall–Kier alpha value is -0.720. The zero-order valence-corrected chi connectivity index (χ0v) is 10.9. The molecule has 1 rings (SSSR count). The molecule has 16 heavy (non-hydrogen) atoms. The fourth-order valence-electron chi connectivity index (χ4n) is 0.888. The quantitative estimate of drug-likeness (QED) is 0.835. The molecule has 0 bridgehead atoms. The van der Waals surface area contributed by atoms with E-state index in [2.05, 4.69) is 14.7 Å². The van der Waals surface area contributed by atoms with Crippen LogP contribution < -0.4 is 4.72 Å². The Morgan fingerprint density at radius 1 is 1.25 bits per heavy atom. The summed E-state index contributed by atoms with van der Waals surface area (Å²) in [6, 6.07) is -0.152. The van der Waals surface area contributed by atoms with Crippen molar-refractivity contribution in [2.45, 2.75) is 31.7 Å². The second kappa shape index (κ2) is 5.07. The van der Waals surface area contributed by atoms with Crippen LogP contribution in [0, 0.1) is 5.92 Å². The molecule has 1 aromatic heterocycles. The first-order valence-corrected chi connectivity index (χ1v) is 6.69. The van der Waals surface area contributed by atoms with Gasteiger partial charge in [0.25, 0.3) is 0 Å². The maximum Gasteiger partial charge on any atom is 0.243 e. The van der Waals surface area contributed by atoms with Crippen molar-refractivity contribution in [3.05, 3.63) is 17.7 Å².